The first-order chi connectivity index (χ1) is 8.44. The van der Waals surface area contributed by atoms with Crippen LogP contribution in [0.4, 0.5) is 0 Å². The quantitative estimate of drug-likeness (QED) is 0.828. The Morgan fingerprint density at radius 2 is 2.22 bits per heavy atom. The van der Waals surface area contributed by atoms with E-state index in [9.17, 15) is 9.90 Å². The number of nitrogens with one attached hydrogen (secondary N) is 1. The minimum atomic E-state index is -0.674. The van der Waals surface area contributed by atoms with E-state index in [2.05, 4.69) is 12.2 Å². The van der Waals surface area contributed by atoms with E-state index in [-0.39, 0.29) is 10.7 Å². The van der Waals surface area contributed by atoms with E-state index in [1.807, 2.05) is 6.92 Å². The Morgan fingerprint density at radius 3 is 2.83 bits per heavy atom. The number of carbonyl (C=O) groups is 1. The maximum absolute atomic E-state index is 12.2. The normalized spacial score (nSPS) is 40.7. The van der Waals surface area contributed by atoms with Crippen molar-refractivity contribution < 1.29 is 9.90 Å². The van der Waals surface area contributed by atoms with Crippen LogP contribution in [0.5, 0.6) is 0 Å². The molecule has 1 heterocycles. The van der Waals surface area contributed by atoms with Crippen LogP contribution in [0.2, 0.25) is 0 Å². The summed E-state index contributed by atoms with van der Waals surface area (Å²) in [6.07, 6.45) is 5.98. The van der Waals surface area contributed by atoms with Gasteiger partial charge < -0.3 is 10.4 Å². The number of aliphatic hydroxyl groups is 1. The molecule has 0 aromatic heterocycles. The van der Waals surface area contributed by atoms with Crippen molar-refractivity contribution in [2.75, 3.05) is 12.3 Å². The van der Waals surface area contributed by atoms with E-state index < -0.39 is 5.60 Å². The van der Waals surface area contributed by atoms with Crippen LogP contribution in [0.15, 0.2) is 0 Å². The predicted octanol–water partition coefficient (Wildman–Crippen LogP) is 2.33. The number of rotatable bonds is 3. The van der Waals surface area contributed by atoms with Crippen LogP contribution in [-0.2, 0) is 4.79 Å². The first kappa shape index (κ1) is 14.2. The number of hydrogen-bond donors (Lipinski definition) is 2. The largest absolute Gasteiger partial charge is 0.388 e. The van der Waals surface area contributed by atoms with Gasteiger partial charge in [0, 0.05) is 6.54 Å². The average molecular weight is 271 g/mol. The second kappa shape index (κ2) is 5.41. The van der Waals surface area contributed by atoms with Crippen molar-refractivity contribution in [1.29, 1.82) is 0 Å². The molecule has 104 valence electrons. The molecule has 1 aliphatic carbocycles. The summed E-state index contributed by atoms with van der Waals surface area (Å²) in [5.74, 6) is 1.75. The molecule has 0 spiro atoms. The van der Waals surface area contributed by atoms with Gasteiger partial charge in [0.25, 0.3) is 0 Å². The van der Waals surface area contributed by atoms with Crippen molar-refractivity contribution in [1.82, 2.24) is 5.32 Å². The Hall–Kier alpha value is -0.220. The Balaban J connectivity index is 1.85. The molecule has 2 fully saturated rings. The van der Waals surface area contributed by atoms with Gasteiger partial charge in [0.15, 0.2) is 0 Å². The van der Waals surface area contributed by atoms with E-state index in [1.165, 1.54) is 6.42 Å². The van der Waals surface area contributed by atoms with Crippen molar-refractivity contribution in [3.05, 3.63) is 0 Å². The second-order valence-corrected chi connectivity index (χ2v) is 7.89. The molecule has 1 aliphatic heterocycles. The minimum absolute atomic E-state index is 0.108. The van der Waals surface area contributed by atoms with E-state index >= 15 is 0 Å². The highest BCUT2D eigenvalue weighted by molar-refractivity contribution is 8.01. The zero-order valence-corrected chi connectivity index (χ0v) is 12.3. The molecule has 1 saturated heterocycles. The highest BCUT2D eigenvalue weighted by atomic mass is 32.2. The van der Waals surface area contributed by atoms with Crippen LogP contribution in [0.3, 0.4) is 0 Å². The van der Waals surface area contributed by atoms with Crippen molar-refractivity contribution in [2.45, 2.75) is 62.7 Å². The minimum Gasteiger partial charge on any atom is -0.388 e. The summed E-state index contributed by atoms with van der Waals surface area (Å²) in [7, 11) is 0. The van der Waals surface area contributed by atoms with Gasteiger partial charge in [-0.15, -0.1) is 11.8 Å². The summed E-state index contributed by atoms with van der Waals surface area (Å²) in [6, 6.07) is 0. The first-order valence-corrected chi connectivity index (χ1v) is 8.07. The smallest absolute Gasteiger partial charge is 0.236 e. The summed E-state index contributed by atoms with van der Waals surface area (Å²) >= 11 is 1.75. The monoisotopic (exact) mass is 271 g/mol. The summed E-state index contributed by atoms with van der Waals surface area (Å²) in [5.41, 5.74) is -0.674. The third-order valence-corrected chi connectivity index (χ3v) is 5.86. The molecule has 3 unspecified atom stereocenters. The fraction of sp³-hybridized carbons (Fsp3) is 0.929. The average Bonchev–Trinajstić information content (AvgIpc) is 2.74. The third-order valence-electron chi connectivity index (χ3n) is 4.34. The van der Waals surface area contributed by atoms with Crippen LogP contribution in [-0.4, -0.2) is 33.7 Å². The van der Waals surface area contributed by atoms with Crippen LogP contribution in [0.1, 0.15) is 52.4 Å². The summed E-state index contributed by atoms with van der Waals surface area (Å²) in [6.45, 7) is 4.62. The van der Waals surface area contributed by atoms with Gasteiger partial charge in [-0.05, 0) is 44.3 Å². The number of hydrogen-bond acceptors (Lipinski definition) is 3. The van der Waals surface area contributed by atoms with Gasteiger partial charge in [-0.2, -0.15) is 0 Å². The topological polar surface area (TPSA) is 49.3 Å². The standard InChI is InChI=1S/C14H25NO2S/c1-11-5-3-7-14(17,9-11)10-15-12(16)13(2)6-4-8-18-13/h11,17H,3-10H2,1-2H3,(H,15,16). The van der Waals surface area contributed by atoms with Gasteiger partial charge in [-0.25, -0.2) is 0 Å². The third kappa shape index (κ3) is 3.21. The second-order valence-electron chi connectivity index (χ2n) is 6.29. The Bertz CT molecular complexity index is 315. The van der Waals surface area contributed by atoms with Gasteiger partial charge in [0.2, 0.25) is 5.91 Å². The van der Waals surface area contributed by atoms with Crippen molar-refractivity contribution in [2.24, 2.45) is 5.92 Å². The molecule has 3 nitrogen and oxygen atoms in total. The molecule has 2 N–H and O–H groups in total. The molecule has 3 atom stereocenters. The molecular formula is C14H25NO2S. The van der Waals surface area contributed by atoms with Crippen molar-refractivity contribution in [3.63, 3.8) is 0 Å². The fourth-order valence-corrected chi connectivity index (χ4v) is 4.41. The summed E-state index contributed by atoms with van der Waals surface area (Å²) < 4.78 is -0.267. The molecular weight excluding hydrogens is 246 g/mol. The van der Waals surface area contributed by atoms with Crippen molar-refractivity contribution >= 4 is 17.7 Å². The number of thioether (sulfide) groups is 1. The zero-order chi connectivity index (χ0) is 13.2. The molecule has 2 aliphatic rings. The van der Waals surface area contributed by atoms with E-state index in [0.29, 0.717) is 12.5 Å². The number of amides is 1. The molecule has 1 amide bonds. The lowest BCUT2D eigenvalue weighted by Crippen LogP contribution is -2.50. The predicted molar refractivity (Wildman–Crippen MR) is 75.7 cm³/mol. The van der Waals surface area contributed by atoms with Crippen LogP contribution >= 0.6 is 11.8 Å². The highest BCUT2D eigenvalue weighted by Gasteiger charge is 2.39. The Kier molecular flexibility index (Phi) is 4.27. The molecule has 0 aromatic rings. The lowest BCUT2D eigenvalue weighted by atomic mass is 9.79. The summed E-state index contributed by atoms with van der Waals surface area (Å²) in [4.78, 5) is 12.2. The number of carbonyl (C=O) groups excluding carboxylic acids is 1. The zero-order valence-electron chi connectivity index (χ0n) is 11.5. The van der Waals surface area contributed by atoms with E-state index in [0.717, 1.165) is 37.9 Å². The van der Waals surface area contributed by atoms with E-state index in [1.54, 1.807) is 11.8 Å². The molecule has 0 aromatic carbocycles. The molecule has 0 bridgehead atoms. The highest BCUT2D eigenvalue weighted by Crippen LogP contribution is 2.38. The fourth-order valence-electron chi connectivity index (χ4n) is 3.18. The first-order valence-electron chi connectivity index (χ1n) is 7.08. The van der Waals surface area contributed by atoms with Crippen LogP contribution in [0.25, 0.3) is 0 Å². The van der Waals surface area contributed by atoms with Gasteiger partial charge >= 0.3 is 0 Å². The maximum atomic E-state index is 12.2. The molecule has 1 saturated carbocycles. The molecule has 0 radical (unpaired) electrons. The SMILES string of the molecule is CC1CCCC(O)(CNC(=O)C2(C)CCCS2)C1. The Morgan fingerprint density at radius 1 is 1.44 bits per heavy atom. The van der Waals surface area contributed by atoms with Gasteiger partial charge in [0.1, 0.15) is 0 Å². The molecule has 18 heavy (non-hydrogen) atoms. The van der Waals surface area contributed by atoms with Gasteiger partial charge in [-0.3, -0.25) is 4.79 Å². The van der Waals surface area contributed by atoms with Crippen molar-refractivity contribution in [3.8, 4) is 0 Å². The molecule has 2 rings (SSSR count). The Labute approximate surface area is 114 Å². The van der Waals surface area contributed by atoms with Gasteiger partial charge in [-0.1, -0.05) is 19.8 Å². The van der Waals surface area contributed by atoms with Crippen LogP contribution in [0, 0.1) is 5.92 Å². The van der Waals surface area contributed by atoms with E-state index in [4.69, 9.17) is 0 Å². The molecule has 4 heteroatoms. The maximum Gasteiger partial charge on any atom is 0.236 e. The summed E-state index contributed by atoms with van der Waals surface area (Å²) in [5, 5.41) is 13.5. The lowest BCUT2D eigenvalue weighted by Gasteiger charge is -2.36. The van der Waals surface area contributed by atoms with Crippen LogP contribution < -0.4 is 5.32 Å². The lowest BCUT2D eigenvalue weighted by molar-refractivity contribution is -0.125. The van der Waals surface area contributed by atoms with Gasteiger partial charge in [0.05, 0.1) is 10.3 Å².